The van der Waals surface area contributed by atoms with Crippen LogP contribution in [0.5, 0.6) is 0 Å². The zero-order valence-electron chi connectivity index (χ0n) is 10.4. The lowest BCUT2D eigenvalue weighted by Gasteiger charge is -2.09. The molecule has 19 heavy (non-hydrogen) atoms. The van der Waals surface area contributed by atoms with Gasteiger partial charge in [-0.3, -0.25) is 4.79 Å². The van der Waals surface area contributed by atoms with Gasteiger partial charge in [0.05, 0.1) is 5.02 Å². The molecule has 0 aliphatic rings. The topological polar surface area (TPSA) is 17.1 Å². The zero-order valence-corrected chi connectivity index (χ0v) is 14.9. The number of rotatable bonds is 2. The van der Waals surface area contributed by atoms with Crippen molar-refractivity contribution in [3.8, 4) is 0 Å². The Balaban J connectivity index is 2.56. The molecule has 0 N–H and O–H groups in total. The van der Waals surface area contributed by atoms with Crippen LogP contribution in [0.3, 0.4) is 0 Å². The molecule has 0 amide bonds. The van der Waals surface area contributed by atoms with E-state index < -0.39 is 0 Å². The fourth-order valence-electron chi connectivity index (χ4n) is 1.77. The van der Waals surface area contributed by atoms with E-state index in [0.717, 1.165) is 19.2 Å². The molecule has 0 radical (unpaired) electrons. The number of carbonyl (C=O) groups is 1. The summed E-state index contributed by atoms with van der Waals surface area (Å²) in [5, 5.41) is 0.504. The maximum absolute atomic E-state index is 12.6. The molecule has 0 aliphatic heterocycles. The van der Waals surface area contributed by atoms with Gasteiger partial charge in [0, 0.05) is 19.2 Å². The van der Waals surface area contributed by atoms with E-state index >= 15 is 0 Å². The van der Waals surface area contributed by atoms with Crippen LogP contribution in [0.4, 0.5) is 0 Å². The predicted molar refractivity (Wildman–Crippen MR) is 91.2 cm³/mol. The van der Waals surface area contributed by atoms with Gasteiger partial charge in [-0.05, 0) is 77.9 Å². The van der Waals surface area contributed by atoms with Crippen molar-refractivity contribution in [3.63, 3.8) is 0 Å². The van der Waals surface area contributed by atoms with Crippen LogP contribution in [-0.4, -0.2) is 5.78 Å². The van der Waals surface area contributed by atoms with Crippen molar-refractivity contribution >= 4 is 55.9 Å². The Morgan fingerprint density at radius 2 is 1.74 bits per heavy atom. The van der Waals surface area contributed by atoms with Gasteiger partial charge in [0.1, 0.15) is 0 Å². The minimum absolute atomic E-state index is 0.0428. The highest BCUT2D eigenvalue weighted by molar-refractivity contribution is 14.1. The normalized spacial score (nSPS) is 10.6. The molecule has 2 aromatic rings. The second-order valence-corrected chi connectivity index (χ2v) is 6.85. The molecule has 0 saturated carbocycles. The summed E-state index contributed by atoms with van der Waals surface area (Å²) in [7, 11) is 0. The van der Waals surface area contributed by atoms with Crippen LogP contribution in [0.15, 0.2) is 34.8 Å². The van der Waals surface area contributed by atoms with Gasteiger partial charge in [-0.25, -0.2) is 0 Å². The number of aryl methyl sites for hydroxylation is 2. The minimum Gasteiger partial charge on any atom is -0.289 e. The Bertz CT molecular complexity index is 667. The smallest absolute Gasteiger partial charge is 0.195 e. The fourth-order valence-corrected chi connectivity index (χ4v) is 3.02. The van der Waals surface area contributed by atoms with Gasteiger partial charge in [0.25, 0.3) is 0 Å². The highest BCUT2D eigenvalue weighted by atomic mass is 127. The lowest BCUT2D eigenvalue weighted by Crippen LogP contribution is -2.05. The van der Waals surface area contributed by atoms with Gasteiger partial charge in [-0.15, -0.1) is 0 Å². The summed E-state index contributed by atoms with van der Waals surface area (Å²) in [6, 6.07) is 9.36. The molecule has 0 aromatic heterocycles. The van der Waals surface area contributed by atoms with E-state index in [1.807, 2.05) is 44.2 Å². The monoisotopic (exact) mass is 448 g/mol. The number of hydrogen-bond acceptors (Lipinski definition) is 1. The predicted octanol–water partition coefficient (Wildman–Crippen LogP) is 5.55. The van der Waals surface area contributed by atoms with E-state index in [1.165, 1.54) is 0 Å². The van der Waals surface area contributed by atoms with E-state index in [4.69, 9.17) is 11.6 Å². The Kier molecular flexibility index (Phi) is 4.69. The molecule has 0 heterocycles. The second kappa shape index (κ2) is 5.94. The third-order valence-corrected chi connectivity index (χ3v) is 4.75. The van der Waals surface area contributed by atoms with Crippen molar-refractivity contribution in [1.29, 1.82) is 0 Å². The molecule has 0 atom stereocenters. The number of benzene rings is 2. The zero-order chi connectivity index (χ0) is 14.2. The summed E-state index contributed by atoms with van der Waals surface area (Å²) in [4.78, 5) is 12.6. The van der Waals surface area contributed by atoms with Gasteiger partial charge in [0.15, 0.2) is 5.78 Å². The lowest BCUT2D eigenvalue weighted by atomic mass is 9.99. The molecule has 2 rings (SSSR count). The third kappa shape index (κ3) is 3.20. The van der Waals surface area contributed by atoms with Crippen molar-refractivity contribution < 1.29 is 4.79 Å². The number of hydrogen-bond donors (Lipinski definition) is 0. The van der Waals surface area contributed by atoms with E-state index in [-0.39, 0.29) is 5.78 Å². The van der Waals surface area contributed by atoms with Crippen LogP contribution in [0.25, 0.3) is 0 Å². The van der Waals surface area contributed by atoms with E-state index in [9.17, 15) is 4.79 Å². The van der Waals surface area contributed by atoms with Gasteiger partial charge in [-0.1, -0.05) is 27.5 Å². The van der Waals surface area contributed by atoms with Crippen molar-refractivity contribution in [2.24, 2.45) is 0 Å². The summed E-state index contributed by atoms with van der Waals surface area (Å²) in [6.45, 7) is 3.96. The van der Waals surface area contributed by atoms with Crippen LogP contribution in [0.2, 0.25) is 5.02 Å². The molecule has 0 aliphatic carbocycles. The van der Waals surface area contributed by atoms with Crippen molar-refractivity contribution in [2.75, 3.05) is 0 Å². The fraction of sp³-hybridized carbons (Fsp3) is 0.133. The van der Waals surface area contributed by atoms with Gasteiger partial charge < -0.3 is 0 Å². The summed E-state index contributed by atoms with van der Waals surface area (Å²) in [5.74, 6) is -0.0428. The van der Waals surface area contributed by atoms with E-state index in [0.29, 0.717) is 16.1 Å². The molecule has 0 unspecified atom stereocenters. The molecular weight excluding hydrogens is 438 g/mol. The van der Waals surface area contributed by atoms with Gasteiger partial charge in [0.2, 0.25) is 0 Å². The summed E-state index contributed by atoms with van der Waals surface area (Å²) >= 11 is 11.8. The molecule has 0 bridgehead atoms. The first kappa shape index (κ1) is 15.0. The average Bonchev–Trinajstić information content (AvgIpc) is 2.36. The molecule has 0 fully saturated rings. The Labute approximate surface area is 139 Å². The number of halogens is 3. The van der Waals surface area contributed by atoms with Gasteiger partial charge >= 0.3 is 0 Å². The molecule has 4 heteroatoms. The maximum atomic E-state index is 12.6. The van der Waals surface area contributed by atoms with Crippen LogP contribution < -0.4 is 0 Å². The minimum atomic E-state index is -0.0428. The first-order chi connectivity index (χ1) is 8.90. The number of ketones is 1. The standard InChI is InChI=1S/C15H11BrClIO/c1-8-5-11(13(17)6-9(8)2)15(19)12-7-10(16)3-4-14(12)18/h3-7H,1-2H3. The second-order valence-electron chi connectivity index (χ2n) is 4.37. The summed E-state index contributed by atoms with van der Waals surface area (Å²) in [5.41, 5.74) is 3.38. The number of carbonyl (C=O) groups excluding carboxylic acids is 1. The molecular formula is C15H11BrClIO. The molecule has 98 valence electrons. The molecule has 1 nitrogen and oxygen atoms in total. The molecule has 0 spiro atoms. The Morgan fingerprint density at radius 3 is 2.42 bits per heavy atom. The largest absolute Gasteiger partial charge is 0.289 e. The van der Waals surface area contributed by atoms with Crippen LogP contribution in [0.1, 0.15) is 27.0 Å². The highest BCUT2D eigenvalue weighted by Gasteiger charge is 2.17. The van der Waals surface area contributed by atoms with Crippen LogP contribution >= 0.6 is 50.1 Å². The third-order valence-electron chi connectivity index (χ3n) is 3.00. The highest BCUT2D eigenvalue weighted by Crippen LogP contribution is 2.26. The van der Waals surface area contributed by atoms with Crippen molar-refractivity contribution in [1.82, 2.24) is 0 Å². The Hall–Kier alpha value is -0.390. The first-order valence-electron chi connectivity index (χ1n) is 5.66. The average molecular weight is 450 g/mol. The molecule has 0 saturated heterocycles. The van der Waals surface area contributed by atoms with E-state index in [1.54, 1.807) is 0 Å². The maximum Gasteiger partial charge on any atom is 0.195 e. The van der Waals surface area contributed by atoms with Gasteiger partial charge in [-0.2, -0.15) is 0 Å². The van der Waals surface area contributed by atoms with Crippen molar-refractivity contribution in [3.05, 3.63) is 65.7 Å². The first-order valence-corrected chi connectivity index (χ1v) is 7.91. The van der Waals surface area contributed by atoms with Crippen LogP contribution in [-0.2, 0) is 0 Å². The van der Waals surface area contributed by atoms with Crippen LogP contribution in [0, 0.1) is 17.4 Å². The molecule has 2 aromatic carbocycles. The lowest BCUT2D eigenvalue weighted by molar-refractivity contribution is 0.103. The van der Waals surface area contributed by atoms with Crippen molar-refractivity contribution in [2.45, 2.75) is 13.8 Å². The Morgan fingerprint density at radius 1 is 1.11 bits per heavy atom. The van der Waals surface area contributed by atoms with E-state index in [2.05, 4.69) is 38.5 Å². The SMILES string of the molecule is Cc1cc(Cl)c(C(=O)c2cc(Br)ccc2I)cc1C. The summed E-state index contributed by atoms with van der Waals surface area (Å²) < 4.78 is 1.80. The summed E-state index contributed by atoms with van der Waals surface area (Å²) in [6.07, 6.45) is 0. The quantitative estimate of drug-likeness (QED) is 0.434.